The largest absolute Gasteiger partial charge is 0.343 e. The van der Waals surface area contributed by atoms with Gasteiger partial charge in [0, 0.05) is 43.4 Å². The van der Waals surface area contributed by atoms with Gasteiger partial charge in [-0.2, -0.15) is 0 Å². The molecule has 4 nitrogen and oxygen atoms in total. The SMILES string of the molecule is CC(CCC(=O)N1CCC(c2ccc(Cc3ccccc3)cn2)CC1)N1CCCC1. The maximum Gasteiger partial charge on any atom is 0.222 e. The molecule has 1 aromatic heterocycles. The Morgan fingerprint density at radius 3 is 2.40 bits per heavy atom. The minimum atomic E-state index is 0.339. The van der Waals surface area contributed by atoms with Gasteiger partial charge < -0.3 is 9.80 Å². The number of carbonyl (C=O) groups is 1. The van der Waals surface area contributed by atoms with Crippen LogP contribution in [-0.2, 0) is 11.2 Å². The Bertz CT molecular complexity index is 791. The normalized spacial score (nSPS) is 19.2. The molecule has 2 aromatic rings. The van der Waals surface area contributed by atoms with Crippen LogP contribution in [0.25, 0.3) is 0 Å². The number of hydrogen-bond acceptors (Lipinski definition) is 3. The minimum Gasteiger partial charge on any atom is -0.343 e. The van der Waals surface area contributed by atoms with E-state index < -0.39 is 0 Å². The number of carbonyl (C=O) groups excluding carboxylic acids is 1. The molecule has 3 heterocycles. The lowest BCUT2D eigenvalue weighted by atomic mass is 9.92. The third-order valence-corrected chi connectivity index (χ3v) is 6.90. The average Bonchev–Trinajstić information content (AvgIpc) is 3.34. The lowest BCUT2D eigenvalue weighted by molar-refractivity contribution is -0.132. The van der Waals surface area contributed by atoms with Crippen LogP contribution in [0, 0.1) is 0 Å². The van der Waals surface area contributed by atoms with Gasteiger partial charge in [-0.15, -0.1) is 0 Å². The molecular formula is C26H35N3O. The van der Waals surface area contributed by atoms with Gasteiger partial charge in [-0.3, -0.25) is 9.78 Å². The Labute approximate surface area is 181 Å². The fourth-order valence-corrected chi connectivity index (χ4v) is 4.89. The molecular weight excluding hydrogens is 370 g/mol. The molecule has 4 heteroatoms. The van der Waals surface area contributed by atoms with Crippen LogP contribution in [-0.4, -0.2) is 52.9 Å². The third-order valence-electron chi connectivity index (χ3n) is 6.90. The molecule has 0 aliphatic carbocycles. The summed E-state index contributed by atoms with van der Waals surface area (Å²) in [6, 6.07) is 15.5. The first-order valence-corrected chi connectivity index (χ1v) is 11.7. The molecule has 0 spiro atoms. The van der Waals surface area contributed by atoms with Gasteiger partial charge in [-0.25, -0.2) is 0 Å². The molecule has 1 unspecified atom stereocenters. The first-order valence-electron chi connectivity index (χ1n) is 11.7. The van der Waals surface area contributed by atoms with Crippen molar-refractivity contribution >= 4 is 5.91 Å². The van der Waals surface area contributed by atoms with Crippen molar-refractivity contribution in [2.45, 2.75) is 63.8 Å². The molecule has 160 valence electrons. The van der Waals surface area contributed by atoms with Crippen molar-refractivity contribution in [3.05, 3.63) is 65.5 Å². The van der Waals surface area contributed by atoms with E-state index in [9.17, 15) is 4.79 Å². The molecule has 1 atom stereocenters. The zero-order valence-corrected chi connectivity index (χ0v) is 18.3. The third kappa shape index (κ3) is 5.48. The van der Waals surface area contributed by atoms with Crippen molar-refractivity contribution in [3.63, 3.8) is 0 Å². The van der Waals surface area contributed by atoms with Crippen LogP contribution >= 0.6 is 0 Å². The van der Waals surface area contributed by atoms with Crippen molar-refractivity contribution < 1.29 is 4.79 Å². The van der Waals surface area contributed by atoms with E-state index in [2.05, 4.69) is 59.2 Å². The highest BCUT2D eigenvalue weighted by molar-refractivity contribution is 5.76. The summed E-state index contributed by atoms with van der Waals surface area (Å²) in [7, 11) is 0. The lowest BCUT2D eigenvalue weighted by Crippen LogP contribution is -2.39. The molecule has 1 aromatic carbocycles. The summed E-state index contributed by atoms with van der Waals surface area (Å²) in [6.45, 7) is 6.43. The molecule has 0 saturated carbocycles. The van der Waals surface area contributed by atoms with Gasteiger partial charge in [0.2, 0.25) is 5.91 Å². The quantitative estimate of drug-likeness (QED) is 0.673. The standard InChI is InChI=1S/C26H35N3O/c1-21(28-15-5-6-16-28)9-12-26(30)29-17-13-24(14-18-29)25-11-10-23(20-27-25)19-22-7-3-2-4-8-22/h2-4,7-8,10-11,20-21,24H,5-6,9,12-19H2,1H3. The second kappa shape index (κ2) is 10.2. The van der Waals surface area contributed by atoms with Crippen molar-refractivity contribution in [3.8, 4) is 0 Å². The van der Waals surface area contributed by atoms with Gasteiger partial charge in [-0.05, 0) is 75.7 Å². The van der Waals surface area contributed by atoms with E-state index in [0.717, 1.165) is 38.8 Å². The van der Waals surface area contributed by atoms with Crippen LogP contribution in [0.4, 0.5) is 0 Å². The van der Waals surface area contributed by atoms with E-state index in [4.69, 9.17) is 4.98 Å². The number of rotatable bonds is 7. The van der Waals surface area contributed by atoms with Gasteiger partial charge in [0.1, 0.15) is 0 Å². The Morgan fingerprint density at radius 1 is 1.00 bits per heavy atom. The molecule has 4 rings (SSSR count). The Kier molecular flexibility index (Phi) is 7.16. The second-order valence-corrected chi connectivity index (χ2v) is 9.04. The Balaban J connectivity index is 1.22. The van der Waals surface area contributed by atoms with Crippen LogP contribution in [0.1, 0.15) is 68.2 Å². The van der Waals surface area contributed by atoms with Gasteiger partial charge in [-0.1, -0.05) is 36.4 Å². The number of pyridine rings is 1. The molecule has 30 heavy (non-hydrogen) atoms. The fraction of sp³-hybridized carbons (Fsp3) is 0.538. The lowest BCUT2D eigenvalue weighted by Gasteiger charge is -2.32. The van der Waals surface area contributed by atoms with Crippen LogP contribution in [0.15, 0.2) is 48.7 Å². The molecule has 2 aliphatic rings. The number of benzene rings is 1. The second-order valence-electron chi connectivity index (χ2n) is 9.04. The molecule has 0 radical (unpaired) electrons. The summed E-state index contributed by atoms with van der Waals surface area (Å²) >= 11 is 0. The molecule has 2 aliphatic heterocycles. The monoisotopic (exact) mass is 405 g/mol. The van der Waals surface area contributed by atoms with E-state index >= 15 is 0 Å². The number of amides is 1. The summed E-state index contributed by atoms with van der Waals surface area (Å²) in [5, 5.41) is 0. The number of aromatic nitrogens is 1. The van der Waals surface area contributed by atoms with E-state index in [1.165, 1.54) is 42.8 Å². The highest BCUT2D eigenvalue weighted by Crippen LogP contribution is 2.27. The zero-order valence-electron chi connectivity index (χ0n) is 18.3. The smallest absolute Gasteiger partial charge is 0.222 e. The first kappa shape index (κ1) is 21.0. The predicted octanol–water partition coefficient (Wildman–Crippen LogP) is 4.64. The first-order chi connectivity index (χ1) is 14.7. The summed E-state index contributed by atoms with van der Waals surface area (Å²) in [5.74, 6) is 0.814. The van der Waals surface area contributed by atoms with E-state index in [1.54, 1.807) is 0 Å². The van der Waals surface area contributed by atoms with Crippen molar-refractivity contribution in [2.24, 2.45) is 0 Å². The maximum absolute atomic E-state index is 12.7. The average molecular weight is 406 g/mol. The predicted molar refractivity (Wildman–Crippen MR) is 122 cm³/mol. The van der Waals surface area contributed by atoms with Crippen LogP contribution < -0.4 is 0 Å². The van der Waals surface area contributed by atoms with E-state index in [1.807, 2.05) is 6.20 Å². The highest BCUT2D eigenvalue weighted by Gasteiger charge is 2.25. The molecule has 1 amide bonds. The summed E-state index contributed by atoms with van der Waals surface area (Å²) in [6.07, 6.45) is 9.31. The Hall–Kier alpha value is -2.20. The van der Waals surface area contributed by atoms with Crippen LogP contribution in [0.5, 0.6) is 0 Å². The van der Waals surface area contributed by atoms with Gasteiger partial charge >= 0.3 is 0 Å². The Morgan fingerprint density at radius 2 is 1.73 bits per heavy atom. The topological polar surface area (TPSA) is 36.4 Å². The maximum atomic E-state index is 12.7. The zero-order chi connectivity index (χ0) is 20.8. The van der Waals surface area contributed by atoms with E-state index in [0.29, 0.717) is 24.3 Å². The van der Waals surface area contributed by atoms with Crippen molar-refractivity contribution in [1.29, 1.82) is 0 Å². The van der Waals surface area contributed by atoms with Crippen LogP contribution in [0.2, 0.25) is 0 Å². The number of nitrogens with zero attached hydrogens (tertiary/aromatic N) is 3. The van der Waals surface area contributed by atoms with Crippen LogP contribution in [0.3, 0.4) is 0 Å². The summed E-state index contributed by atoms with van der Waals surface area (Å²) < 4.78 is 0. The highest BCUT2D eigenvalue weighted by atomic mass is 16.2. The fourth-order valence-electron chi connectivity index (χ4n) is 4.89. The van der Waals surface area contributed by atoms with Gasteiger partial charge in [0.25, 0.3) is 0 Å². The number of hydrogen-bond donors (Lipinski definition) is 0. The molecule has 0 bridgehead atoms. The number of likely N-dealkylation sites (tertiary alicyclic amines) is 2. The molecule has 0 N–H and O–H groups in total. The van der Waals surface area contributed by atoms with Crippen molar-refractivity contribution in [1.82, 2.24) is 14.8 Å². The van der Waals surface area contributed by atoms with Crippen molar-refractivity contribution in [2.75, 3.05) is 26.2 Å². The number of piperidine rings is 1. The summed E-state index contributed by atoms with van der Waals surface area (Å²) in [5.41, 5.74) is 3.75. The van der Waals surface area contributed by atoms with Gasteiger partial charge in [0.05, 0.1) is 0 Å². The molecule has 2 fully saturated rings. The summed E-state index contributed by atoms with van der Waals surface area (Å²) in [4.78, 5) is 22.0. The van der Waals surface area contributed by atoms with Gasteiger partial charge in [0.15, 0.2) is 0 Å². The minimum absolute atomic E-state index is 0.339. The molecule has 2 saturated heterocycles. The van der Waals surface area contributed by atoms with E-state index in [-0.39, 0.29) is 0 Å².